The first kappa shape index (κ1) is 19.9. The molecule has 2 aromatic carbocycles. The predicted molar refractivity (Wildman–Crippen MR) is 120 cm³/mol. The maximum atomic E-state index is 13.1. The monoisotopic (exact) mass is 465 g/mol. The van der Waals surface area contributed by atoms with Crippen LogP contribution >= 0.6 is 11.3 Å². The number of nitrogens with one attached hydrogen (secondary N) is 2. The Hall–Kier alpha value is -3.79. The Balaban J connectivity index is 1.18. The van der Waals surface area contributed by atoms with Crippen LogP contribution in [0.1, 0.15) is 39.7 Å². The van der Waals surface area contributed by atoms with E-state index in [-0.39, 0.29) is 31.3 Å². The summed E-state index contributed by atoms with van der Waals surface area (Å²) in [5.41, 5.74) is 1.82. The van der Waals surface area contributed by atoms with Gasteiger partial charge in [-0.2, -0.15) is 0 Å². The molecule has 10 heteroatoms. The summed E-state index contributed by atoms with van der Waals surface area (Å²) in [7, 11) is 0. The van der Waals surface area contributed by atoms with Crippen LogP contribution in [0.5, 0.6) is 23.0 Å². The highest BCUT2D eigenvalue weighted by molar-refractivity contribution is 7.16. The minimum atomic E-state index is -0.383. The normalized spacial score (nSPS) is 17.4. The van der Waals surface area contributed by atoms with E-state index in [0.717, 1.165) is 23.4 Å². The molecule has 3 heterocycles. The standard InChI is InChI=1S/C23H19N3O6S/c27-21(12-4-6-15-17(8-12)31-10-29-15)26-23-25-20-14(2-1-3-19(20)33-23)22(28)24-13-5-7-16-18(9-13)32-11-30-16/h4-9,14H,1-3,10-11H2,(H,24,28)(H,25,26,27)/t14-/m1/s1. The van der Waals surface area contributed by atoms with E-state index in [1.54, 1.807) is 36.4 Å². The third-order valence-corrected chi connectivity index (χ3v) is 6.81. The molecule has 3 aliphatic rings. The summed E-state index contributed by atoms with van der Waals surface area (Å²) in [5, 5.41) is 6.29. The molecule has 0 bridgehead atoms. The molecule has 1 aliphatic carbocycles. The Morgan fingerprint density at radius 1 is 0.909 bits per heavy atom. The number of anilines is 2. The molecular weight excluding hydrogens is 446 g/mol. The van der Waals surface area contributed by atoms with Crippen LogP contribution in [-0.4, -0.2) is 30.4 Å². The summed E-state index contributed by atoms with van der Waals surface area (Å²) in [6.07, 6.45) is 2.41. The van der Waals surface area contributed by atoms with Crippen LogP contribution in [0.2, 0.25) is 0 Å². The highest BCUT2D eigenvalue weighted by Crippen LogP contribution is 2.39. The molecule has 2 N–H and O–H groups in total. The van der Waals surface area contributed by atoms with Crippen LogP contribution in [0.15, 0.2) is 36.4 Å². The zero-order chi connectivity index (χ0) is 22.4. The van der Waals surface area contributed by atoms with Gasteiger partial charge in [0.1, 0.15) is 0 Å². The summed E-state index contributed by atoms with van der Waals surface area (Å²) in [6, 6.07) is 10.3. The maximum absolute atomic E-state index is 13.1. The molecule has 2 aliphatic heterocycles. The van der Waals surface area contributed by atoms with Gasteiger partial charge in [0.05, 0.1) is 11.6 Å². The fraction of sp³-hybridized carbons (Fsp3) is 0.261. The van der Waals surface area contributed by atoms with E-state index in [1.165, 1.54) is 11.3 Å². The van der Waals surface area contributed by atoms with E-state index in [1.807, 2.05) is 0 Å². The number of thiazole rings is 1. The van der Waals surface area contributed by atoms with E-state index in [9.17, 15) is 9.59 Å². The lowest BCUT2D eigenvalue weighted by Crippen LogP contribution is -2.24. The first-order valence-corrected chi connectivity index (χ1v) is 11.4. The molecule has 1 atom stereocenters. The van der Waals surface area contributed by atoms with Gasteiger partial charge in [-0.3, -0.25) is 14.9 Å². The van der Waals surface area contributed by atoms with Gasteiger partial charge in [-0.25, -0.2) is 4.98 Å². The number of hydrogen-bond donors (Lipinski definition) is 2. The van der Waals surface area contributed by atoms with Gasteiger partial charge in [-0.1, -0.05) is 0 Å². The van der Waals surface area contributed by atoms with Crippen molar-refractivity contribution in [3.05, 3.63) is 52.5 Å². The Morgan fingerprint density at radius 2 is 1.64 bits per heavy atom. The number of ether oxygens (including phenoxy) is 4. The second-order valence-electron chi connectivity index (χ2n) is 7.85. The smallest absolute Gasteiger partial charge is 0.257 e. The quantitative estimate of drug-likeness (QED) is 0.601. The summed E-state index contributed by atoms with van der Waals surface area (Å²) < 4.78 is 21.3. The number of hydrogen-bond acceptors (Lipinski definition) is 8. The molecule has 0 radical (unpaired) electrons. The van der Waals surface area contributed by atoms with E-state index in [0.29, 0.717) is 45.8 Å². The van der Waals surface area contributed by atoms with Crippen molar-refractivity contribution in [3.63, 3.8) is 0 Å². The number of nitrogens with zero attached hydrogens (tertiary/aromatic N) is 1. The fourth-order valence-corrected chi connectivity index (χ4v) is 5.20. The average molecular weight is 465 g/mol. The molecule has 9 nitrogen and oxygen atoms in total. The fourth-order valence-electron chi connectivity index (χ4n) is 4.14. The molecule has 33 heavy (non-hydrogen) atoms. The van der Waals surface area contributed by atoms with Crippen molar-refractivity contribution >= 4 is 34.0 Å². The SMILES string of the molecule is O=C(Nc1nc2c(s1)CCC[C@H]2C(=O)Nc1ccc2c(c1)OCO2)c1ccc2c(c1)OCO2. The zero-order valence-corrected chi connectivity index (χ0v) is 18.2. The first-order valence-electron chi connectivity index (χ1n) is 10.6. The van der Waals surface area contributed by atoms with Crippen molar-refractivity contribution in [2.75, 3.05) is 24.2 Å². The maximum Gasteiger partial charge on any atom is 0.257 e. The average Bonchev–Trinajstić information content (AvgIpc) is 3.56. The molecule has 0 unspecified atom stereocenters. The molecule has 168 valence electrons. The molecule has 6 rings (SSSR count). The van der Waals surface area contributed by atoms with E-state index in [4.69, 9.17) is 18.9 Å². The third kappa shape index (κ3) is 3.72. The Labute approximate surface area is 192 Å². The van der Waals surface area contributed by atoms with Gasteiger partial charge in [-0.05, 0) is 49.6 Å². The summed E-state index contributed by atoms with van der Waals surface area (Å²) >= 11 is 1.41. The Kier molecular flexibility index (Phi) is 4.79. The van der Waals surface area contributed by atoms with Gasteiger partial charge in [-0.15, -0.1) is 11.3 Å². The zero-order valence-electron chi connectivity index (χ0n) is 17.4. The first-order chi connectivity index (χ1) is 16.1. The number of aromatic nitrogens is 1. The highest BCUT2D eigenvalue weighted by atomic mass is 32.1. The van der Waals surface area contributed by atoms with Crippen LogP contribution in [0.4, 0.5) is 10.8 Å². The number of aryl methyl sites for hydroxylation is 1. The molecule has 0 saturated heterocycles. The van der Waals surface area contributed by atoms with Crippen molar-refractivity contribution in [1.29, 1.82) is 0 Å². The molecule has 0 saturated carbocycles. The lowest BCUT2D eigenvalue weighted by Gasteiger charge is -2.20. The number of amides is 2. The van der Waals surface area contributed by atoms with Crippen molar-refractivity contribution < 1.29 is 28.5 Å². The second kappa shape index (κ2) is 7.96. The largest absolute Gasteiger partial charge is 0.454 e. The third-order valence-electron chi connectivity index (χ3n) is 5.77. The van der Waals surface area contributed by atoms with Crippen LogP contribution in [0, 0.1) is 0 Å². The Morgan fingerprint density at radius 3 is 2.45 bits per heavy atom. The van der Waals surface area contributed by atoms with Crippen molar-refractivity contribution in [3.8, 4) is 23.0 Å². The number of carbonyl (C=O) groups is 2. The lowest BCUT2D eigenvalue weighted by atomic mass is 9.90. The minimum absolute atomic E-state index is 0.131. The van der Waals surface area contributed by atoms with Gasteiger partial charge in [0.25, 0.3) is 5.91 Å². The summed E-state index contributed by atoms with van der Waals surface area (Å²) in [6.45, 7) is 0.327. The molecule has 1 aromatic heterocycles. The van der Waals surface area contributed by atoms with Gasteiger partial charge < -0.3 is 24.3 Å². The van der Waals surface area contributed by atoms with Gasteiger partial charge in [0.15, 0.2) is 28.1 Å². The van der Waals surface area contributed by atoms with Gasteiger partial charge in [0.2, 0.25) is 19.5 Å². The predicted octanol–water partition coefficient (Wildman–Crippen LogP) is 3.91. The second-order valence-corrected chi connectivity index (χ2v) is 8.94. The highest BCUT2D eigenvalue weighted by Gasteiger charge is 2.31. The van der Waals surface area contributed by atoms with E-state index >= 15 is 0 Å². The molecule has 0 fully saturated rings. The van der Waals surface area contributed by atoms with Crippen LogP contribution in [0.25, 0.3) is 0 Å². The van der Waals surface area contributed by atoms with Crippen LogP contribution < -0.4 is 29.6 Å². The van der Waals surface area contributed by atoms with Crippen molar-refractivity contribution in [2.45, 2.75) is 25.2 Å². The Bertz CT molecular complexity index is 1270. The van der Waals surface area contributed by atoms with Gasteiger partial charge >= 0.3 is 0 Å². The molecule has 3 aromatic rings. The van der Waals surface area contributed by atoms with Crippen LogP contribution in [0.3, 0.4) is 0 Å². The van der Waals surface area contributed by atoms with E-state index in [2.05, 4.69) is 15.6 Å². The number of carbonyl (C=O) groups excluding carboxylic acids is 2. The number of fused-ring (bicyclic) bond motifs is 3. The van der Waals surface area contributed by atoms with Crippen molar-refractivity contribution in [1.82, 2.24) is 4.98 Å². The minimum Gasteiger partial charge on any atom is -0.454 e. The molecule has 2 amide bonds. The van der Waals surface area contributed by atoms with Gasteiger partial charge in [0, 0.05) is 22.2 Å². The summed E-state index contributed by atoms with van der Waals surface area (Å²) in [4.78, 5) is 31.4. The topological polar surface area (TPSA) is 108 Å². The molecule has 0 spiro atoms. The lowest BCUT2D eigenvalue weighted by molar-refractivity contribution is -0.117. The number of benzene rings is 2. The molecular formula is C23H19N3O6S. The summed E-state index contributed by atoms with van der Waals surface area (Å²) in [5.74, 6) is 1.63. The van der Waals surface area contributed by atoms with Crippen LogP contribution in [-0.2, 0) is 11.2 Å². The van der Waals surface area contributed by atoms with Crippen molar-refractivity contribution in [2.24, 2.45) is 0 Å². The number of rotatable bonds is 4. The van der Waals surface area contributed by atoms with E-state index < -0.39 is 0 Å².